The molecule has 1 unspecified atom stereocenters. The summed E-state index contributed by atoms with van der Waals surface area (Å²) in [5, 5.41) is -0.203. The second-order valence-corrected chi connectivity index (χ2v) is 7.54. The third kappa shape index (κ3) is 3.98. The number of hydrogen-bond donors (Lipinski definition) is 0. The van der Waals surface area contributed by atoms with E-state index in [0.717, 1.165) is 11.8 Å². The molecule has 25 heavy (non-hydrogen) atoms. The van der Waals surface area contributed by atoms with Gasteiger partial charge in [0.2, 0.25) is 5.91 Å². The fourth-order valence-corrected chi connectivity index (χ4v) is 3.86. The van der Waals surface area contributed by atoms with Gasteiger partial charge in [0.15, 0.2) is 6.61 Å². The standard InChI is InChI=1S/C18H22N2O4S/c1-12(2)13-3-5-15(6-4-13)24-10-16(21)19-8-7-14(9-19)20-17(22)11-25-18(20)23/h3-6,12,14H,7-11H2,1-2H3. The summed E-state index contributed by atoms with van der Waals surface area (Å²) in [6, 6.07) is 7.53. The molecular formula is C18H22N2O4S. The van der Waals surface area contributed by atoms with Gasteiger partial charge in [0.25, 0.3) is 11.1 Å². The van der Waals surface area contributed by atoms with Gasteiger partial charge in [0, 0.05) is 13.1 Å². The Bertz CT molecular complexity index is 658. The van der Waals surface area contributed by atoms with Crippen LogP contribution in [0.4, 0.5) is 4.79 Å². The van der Waals surface area contributed by atoms with Crippen molar-refractivity contribution in [2.75, 3.05) is 25.4 Å². The Balaban J connectivity index is 1.51. The smallest absolute Gasteiger partial charge is 0.289 e. The highest BCUT2D eigenvalue weighted by Crippen LogP contribution is 2.26. The lowest BCUT2D eigenvalue weighted by atomic mass is 10.0. The number of amides is 3. The number of carbonyl (C=O) groups is 3. The summed E-state index contributed by atoms with van der Waals surface area (Å²) in [5.74, 6) is 1.04. The summed E-state index contributed by atoms with van der Waals surface area (Å²) < 4.78 is 5.58. The van der Waals surface area contributed by atoms with E-state index in [0.29, 0.717) is 31.2 Å². The summed E-state index contributed by atoms with van der Waals surface area (Å²) in [6.45, 7) is 5.15. The van der Waals surface area contributed by atoms with Gasteiger partial charge < -0.3 is 9.64 Å². The lowest BCUT2D eigenvalue weighted by molar-refractivity contribution is -0.133. The zero-order valence-corrected chi connectivity index (χ0v) is 15.3. The number of nitrogens with zero attached hydrogens (tertiary/aromatic N) is 2. The van der Waals surface area contributed by atoms with Crippen molar-refractivity contribution in [2.45, 2.75) is 32.2 Å². The predicted molar refractivity (Wildman–Crippen MR) is 95.7 cm³/mol. The first-order valence-electron chi connectivity index (χ1n) is 8.45. The number of imide groups is 1. The minimum atomic E-state index is -0.204. The molecule has 1 aromatic rings. The molecular weight excluding hydrogens is 340 g/mol. The predicted octanol–water partition coefficient (Wildman–Crippen LogP) is 2.49. The third-order valence-electron chi connectivity index (χ3n) is 4.57. The van der Waals surface area contributed by atoms with E-state index in [1.54, 1.807) is 4.90 Å². The van der Waals surface area contributed by atoms with Gasteiger partial charge in [-0.15, -0.1) is 0 Å². The van der Waals surface area contributed by atoms with Gasteiger partial charge >= 0.3 is 0 Å². The molecule has 2 heterocycles. The van der Waals surface area contributed by atoms with Crippen molar-refractivity contribution in [1.29, 1.82) is 0 Å². The minimum Gasteiger partial charge on any atom is -0.484 e. The second-order valence-electron chi connectivity index (χ2n) is 6.61. The number of ether oxygens (including phenoxy) is 1. The Labute approximate surface area is 151 Å². The molecule has 0 bridgehead atoms. The van der Waals surface area contributed by atoms with Gasteiger partial charge in [-0.1, -0.05) is 37.7 Å². The lowest BCUT2D eigenvalue weighted by Crippen LogP contribution is -2.42. The van der Waals surface area contributed by atoms with Crippen LogP contribution in [-0.4, -0.2) is 58.3 Å². The van der Waals surface area contributed by atoms with Crippen molar-refractivity contribution >= 4 is 28.8 Å². The molecule has 2 fully saturated rings. The molecule has 0 aliphatic carbocycles. The van der Waals surface area contributed by atoms with Crippen LogP contribution in [0.25, 0.3) is 0 Å². The van der Waals surface area contributed by atoms with Crippen LogP contribution in [0.15, 0.2) is 24.3 Å². The molecule has 3 rings (SSSR count). The maximum absolute atomic E-state index is 12.3. The van der Waals surface area contributed by atoms with Crippen molar-refractivity contribution in [1.82, 2.24) is 9.80 Å². The molecule has 2 saturated heterocycles. The Kier molecular flexibility index (Phi) is 5.32. The van der Waals surface area contributed by atoms with Gasteiger partial charge in [-0.3, -0.25) is 19.3 Å². The SMILES string of the molecule is CC(C)c1ccc(OCC(=O)N2CCC(N3C(=O)CSC3=O)C2)cc1. The van der Waals surface area contributed by atoms with E-state index < -0.39 is 0 Å². The van der Waals surface area contributed by atoms with Gasteiger partial charge in [0.1, 0.15) is 5.75 Å². The van der Waals surface area contributed by atoms with E-state index >= 15 is 0 Å². The number of hydrogen-bond acceptors (Lipinski definition) is 5. The van der Waals surface area contributed by atoms with Gasteiger partial charge in [0.05, 0.1) is 11.8 Å². The van der Waals surface area contributed by atoms with Crippen LogP contribution >= 0.6 is 11.8 Å². The van der Waals surface area contributed by atoms with Crippen molar-refractivity contribution in [3.8, 4) is 5.75 Å². The minimum absolute atomic E-state index is 0.0373. The summed E-state index contributed by atoms with van der Waals surface area (Å²) in [5.41, 5.74) is 1.22. The average Bonchev–Trinajstić information content (AvgIpc) is 3.19. The van der Waals surface area contributed by atoms with Crippen LogP contribution in [0.3, 0.4) is 0 Å². The maximum atomic E-state index is 12.3. The molecule has 0 spiro atoms. The molecule has 0 N–H and O–H groups in total. The molecule has 0 radical (unpaired) electrons. The quantitative estimate of drug-likeness (QED) is 0.805. The van der Waals surface area contributed by atoms with Crippen LogP contribution in [-0.2, 0) is 9.59 Å². The summed E-state index contributed by atoms with van der Waals surface area (Å²) in [7, 11) is 0. The van der Waals surface area contributed by atoms with E-state index in [1.165, 1.54) is 10.5 Å². The highest BCUT2D eigenvalue weighted by Gasteiger charge is 2.40. The Morgan fingerprint density at radius 1 is 1.28 bits per heavy atom. The summed E-state index contributed by atoms with van der Waals surface area (Å²) >= 11 is 1.03. The van der Waals surface area contributed by atoms with E-state index in [2.05, 4.69) is 13.8 Å². The normalized spacial score (nSPS) is 20.7. The second kappa shape index (κ2) is 7.47. The highest BCUT2D eigenvalue weighted by atomic mass is 32.2. The lowest BCUT2D eigenvalue weighted by Gasteiger charge is -2.22. The van der Waals surface area contributed by atoms with Crippen molar-refractivity contribution in [3.63, 3.8) is 0 Å². The third-order valence-corrected chi connectivity index (χ3v) is 5.41. The van der Waals surface area contributed by atoms with Crippen molar-refractivity contribution < 1.29 is 19.1 Å². The van der Waals surface area contributed by atoms with Crippen LogP contribution in [0.1, 0.15) is 31.7 Å². The van der Waals surface area contributed by atoms with Crippen molar-refractivity contribution in [2.24, 2.45) is 0 Å². The Hall–Kier alpha value is -2.02. The number of thioether (sulfide) groups is 1. The summed E-state index contributed by atoms with van der Waals surface area (Å²) in [4.78, 5) is 38.9. The largest absolute Gasteiger partial charge is 0.484 e. The highest BCUT2D eigenvalue weighted by molar-refractivity contribution is 8.14. The molecule has 0 aromatic heterocycles. The molecule has 1 atom stereocenters. The maximum Gasteiger partial charge on any atom is 0.289 e. The fourth-order valence-electron chi connectivity index (χ4n) is 3.08. The van der Waals surface area contributed by atoms with Crippen LogP contribution in [0.2, 0.25) is 0 Å². The molecule has 2 aliphatic heterocycles. The first kappa shape index (κ1) is 17.8. The molecule has 2 aliphatic rings. The van der Waals surface area contributed by atoms with Crippen LogP contribution in [0, 0.1) is 0 Å². The zero-order chi connectivity index (χ0) is 18.0. The van der Waals surface area contributed by atoms with E-state index in [1.807, 2.05) is 24.3 Å². The summed E-state index contributed by atoms with van der Waals surface area (Å²) in [6.07, 6.45) is 0.632. The van der Waals surface area contributed by atoms with E-state index in [-0.39, 0.29) is 35.5 Å². The van der Waals surface area contributed by atoms with Crippen molar-refractivity contribution in [3.05, 3.63) is 29.8 Å². The molecule has 3 amide bonds. The van der Waals surface area contributed by atoms with Gasteiger partial charge in [-0.25, -0.2) is 0 Å². The average molecular weight is 362 g/mol. The molecule has 1 aromatic carbocycles. The topological polar surface area (TPSA) is 66.9 Å². The van der Waals surface area contributed by atoms with Crippen LogP contribution in [0.5, 0.6) is 5.75 Å². The number of likely N-dealkylation sites (tertiary alicyclic amines) is 1. The monoisotopic (exact) mass is 362 g/mol. The molecule has 7 heteroatoms. The van der Waals surface area contributed by atoms with E-state index in [4.69, 9.17) is 4.74 Å². The van der Waals surface area contributed by atoms with Crippen LogP contribution < -0.4 is 4.74 Å². The Morgan fingerprint density at radius 3 is 2.60 bits per heavy atom. The van der Waals surface area contributed by atoms with Gasteiger partial charge in [-0.2, -0.15) is 0 Å². The zero-order valence-electron chi connectivity index (χ0n) is 14.4. The number of rotatable bonds is 5. The first-order chi connectivity index (χ1) is 12.0. The van der Waals surface area contributed by atoms with E-state index in [9.17, 15) is 14.4 Å². The fraction of sp³-hybridized carbons (Fsp3) is 0.500. The molecule has 6 nitrogen and oxygen atoms in total. The Morgan fingerprint density at radius 2 is 2.00 bits per heavy atom. The molecule has 0 saturated carbocycles. The number of carbonyl (C=O) groups excluding carboxylic acids is 3. The number of benzene rings is 1. The first-order valence-corrected chi connectivity index (χ1v) is 9.43. The molecule has 134 valence electrons. The van der Waals surface area contributed by atoms with Gasteiger partial charge in [-0.05, 0) is 30.0 Å².